The van der Waals surface area contributed by atoms with Gasteiger partial charge in [0.05, 0.1) is 16.6 Å². The van der Waals surface area contributed by atoms with E-state index in [-0.39, 0.29) is 34.8 Å². The zero-order chi connectivity index (χ0) is 26.3. The van der Waals surface area contributed by atoms with E-state index in [1.807, 2.05) is 0 Å². The van der Waals surface area contributed by atoms with Gasteiger partial charge in [0, 0.05) is 37.0 Å². The number of carbonyl (C=O) groups excluding carboxylic acids is 2. The fourth-order valence-corrected chi connectivity index (χ4v) is 3.97. The second-order valence-electron chi connectivity index (χ2n) is 9.19. The lowest BCUT2D eigenvalue weighted by Crippen LogP contribution is -2.49. The molecule has 2 N–H and O–H groups in total. The standard InChI is InChI=1S/C24H23Cl2F2N5O3/c1-12-6-15(31-22(35)23(2,3)36-21-16(26)7-14(25)11-30-21)8-17(12)32-19-5-4-13(10-29-19)20(34)33-18-9-24(18,27)28/h4-5,7,10-11,15,18H,1,6,8-9H2,2-3H3,(H,31,35)(H,33,34). The SMILES string of the molecule is C=C1CC(NC(=O)C(C)(C)Oc2ncc(Cl)cc2Cl)CC1=Nc1ccc(C(=O)NC2CC2(F)F)cn1. The summed E-state index contributed by atoms with van der Waals surface area (Å²) < 4.78 is 31.7. The molecular weight excluding hydrogens is 515 g/mol. The van der Waals surface area contributed by atoms with Crippen molar-refractivity contribution in [2.75, 3.05) is 0 Å². The number of nitrogens with one attached hydrogen (secondary N) is 2. The molecule has 0 bridgehead atoms. The van der Waals surface area contributed by atoms with E-state index in [1.54, 1.807) is 13.8 Å². The molecule has 2 heterocycles. The summed E-state index contributed by atoms with van der Waals surface area (Å²) in [6.45, 7) is 7.22. The number of halogens is 4. The monoisotopic (exact) mass is 537 g/mol. The molecule has 2 unspecified atom stereocenters. The first-order chi connectivity index (χ1) is 16.8. The summed E-state index contributed by atoms with van der Waals surface area (Å²) in [4.78, 5) is 37.6. The Bertz CT molecular complexity index is 1250. The average Bonchev–Trinajstić information content (AvgIpc) is 3.24. The molecule has 2 atom stereocenters. The van der Waals surface area contributed by atoms with Crippen molar-refractivity contribution in [1.82, 2.24) is 20.6 Å². The third-order valence-electron chi connectivity index (χ3n) is 5.74. The molecule has 190 valence electrons. The topological polar surface area (TPSA) is 106 Å². The Hall–Kier alpha value is -3.11. The van der Waals surface area contributed by atoms with Crippen LogP contribution in [0.2, 0.25) is 10.0 Å². The van der Waals surface area contributed by atoms with Crippen molar-refractivity contribution in [3.63, 3.8) is 0 Å². The molecule has 12 heteroatoms. The van der Waals surface area contributed by atoms with Crippen molar-refractivity contribution in [1.29, 1.82) is 0 Å². The maximum Gasteiger partial charge on any atom is 0.270 e. The Morgan fingerprint density at radius 2 is 1.92 bits per heavy atom. The van der Waals surface area contributed by atoms with Crippen LogP contribution in [0.3, 0.4) is 0 Å². The maximum atomic E-state index is 13.0. The van der Waals surface area contributed by atoms with Gasteiger partial charge in [-0.2, -0.15) is 0 Å². The van der Waals surface area contributed by atoms with Crippen molar-refractivity contribution < 1.29 is 23.1 Å². The van der Waals surface area contributed by atoms with E-state index in [0.29, 0.717) is 29.4 Å². The van der Waals surface area contributed by atoms with Gasteiger partial charge in [-0.15, -0.1) is 0 Å². The normalized spacial score (nSPS) is 21.8. The highest BCUT2D eigenvalue weighted by molar-refractivity contribution is 6.35. The van der Waals surface area contributed by atoms with E-state index in [0.717, 1.165) is 5.57 Å². The first kappa shape index (κ1) is 26.0. The molecule has 4 rings (SSSR count). The van der Waals surface area contributed by atoms with Crippen LogP contribution in [-0.4, -0.2) is 51.1 Å². The molecule has 8 nitrogen and oxygen atoms in total. The van der Waals surface area contributed by atoms with Crippen LogP contribution in [0, 0.1) is 0 Å². The molecule has 2 aliphatic carbocycles. The summed E-state index contributed by atoms with van der Waals surface area (Å²) in [5, 5.41) is 5.74. The summed E-state index contributed by atoms with van der Waals surface area (Å²) in [6.07, 6.45) is 3.20. The number of hydrogen-bond donors (Lipinski definition) is 2. The van der Waals surface area contributed by atoms with Crippen LogP contribution in [0.1, 0.15) is 43.5 Å². The van der Waals surface area contributed by atoms with Gasteiger partial charge >= 0.3 is 0 Å². The Kier molecular flexibility index (Phi) is 7.03. The molecule has 0 radical (unpaired) electrons. The van der Waals surface area contributed by atoms with Crippen molar-refractivity contribution in [2.45, 2.75) is 56.7 Å². The Labute approximate surface area is 216 Å². The predicted octanol–water partition coefficient (Wildman–Crippen LogP) is 4.69. The van der Waals surface area contributed by atoms with Crippen LogP contribution in [-0.2, 0) is 4.79 Å². The highest BCUT2D eigenvalue weighted by Crippen LogP contribution is 2.41. The predicted molar refractivity (Wildman–Crippen MR) is 131 cm³/mol. The molecule has 0 aliphatic heterocycles. The number of hydrogen-bond acceptors (Lipinski definition) is 6. The van der Waals surface area contributed by atoms with Gasteiger partial charge < -0.3 is 15.4 Å². The summed E-state index contributed by atoms with van der Waals surface area (Å²) in [6, 6.07) is 3.07. The van der Waals surface area contributed by atoms with E-state index in [9.17, 15) is 18.4 Å². The first-order valence-electron chi connectivity index (χ1n) is 11.1. The molecular formula is C24H23Cl2F2N5O3. The molecule has 36 heavy (non-hydrogen) atoms. The van der Waals surface area contributed by atoms with E-state index < -0.39 is 23.5 Å². The van der Waals surface area contributed by atoms with Crippen LogP contribution >= 0.6 is 23.2 Å². The zero-order valence-electron chi connectivity index (χ0n) is 19.4. The van der Waals surface area contributed by atoms with Gasteiger partial charge in [0.15, 0.2) is 11.4 Å². The van der Waals surface area contributed by atoms with Gasteiger partial charge in [-0.25, -0.2) is 23.7 Å². The van der Waals surface area contributed by atoms with Crippen LogP contribution in [0.25, 0.3) is 0 Å². The number of pyridine rings is 2. The van der Waals surface area contributed by atoms with E-state index in [1.165, 1.54) is 30.6 Å². The highest BCUT2D eigenvalue weighted by Gasteiger charge is 2.57. The second kappa shape index (κ2) is 9.74. The number of carbonyl (C=O) groups is 2. The van der Waals surface area contributed by atoms with E-state index in [2.05, 4.69) is 32.2 Å². The van der Waals surface area contributed by atoms with Gasteiger partial charge in [-0.3, -0.25) is 9.59 Å². The lowest BCUT2D eigenvalue weighted by atomic mass is 10.1. The quantitative estimate of drug-likeness (QED) is 0.533. The number of aromatic nitrogens is 2. The molecule has 2 saturated carbocycles. The zero-order valence-corrected chi connectivity index (χ0v) is 21.0. The summed E-state index contributed by atoms with van der Waals surface area (Å²) >= 11 is 12.0. The maximum absolute atomic E-state index is 13.0. The molecule has 0 aromatic carbocycles. The van der Waals surface area contributed by atoms with Gasteiger partial charge in [0.1, 0.15) is 5.02 Å². The van der Waals surface area contributed by atoms with Crippen LogP contribution in [0.5, 0.6) is 5.88 Å². The lowest BCUT2D eigenvalue weighted by Gasteiger charge is -2.26. The smallest absolute Gasteiger partial charge is 0.270 e. The van der Waals surface area contributed by atoms with E-state index in [4.69, 9.17) is 27.9 Å². The van der Waals surface area contributed by atoms with Gasteiger partial charge in [-0.05, 0) is 44.0 Å². The minimum atomic E-state index is -2.84. The number of alkyl halides is 2. The number of ether oxygens (including phenoxy) is 1. The Morgan fingerprint density at radius 3 is 2.53 bits per heavy atom. The number of nitrogens with zero attached hydrogens (tertiary/aromatic N) is 3. The van der Waals surface area contributed by atoms with Gasteiger partial charge in [-0.1, -0.05) is 29.8 Å². The molecule has 0 spiro atoms. The van der Waals surface area contributed by atoms with Crippen molar-refractivity contribution in [3.05, 3.63) is 58.4 Å². The second-order valence-corrected chi connectivity index (χ2v) is 10.0. The Morgan fingerprint density at radius 1 is 1.19 bits per heavy atom. The molecule has 2 amide bonds. The third kappa shape index (κ3) is 5.99. The molecule has 2 fully saturated rings. The van der Waals surface area contributed by atoms with Crippen molar-refractivity contribution >= 4 is 46.5 Å². The van der Waals surface area contributed by atoms with Gasteiger partial charge in [0.25, 0.3) is 17.7 Å². The largest absolute Gasteiger partial charge is 0.460 e. The van der Waals surface area contributed by atoms with Crippen LogP contribution < -0.4 is 15.4 Å². The van der Waals surface area contributed by atoms with Crippen LogP contribution in [0.15, 0.2) is 47.7 Å². The summed E-state index contributed by atoms with van der Waals surface area (Å²) in [5.74, 6) is -3.40. The van der Waals surface area contributed by atoms with Crippen LogP contribution in [0.4, 0.5) is 14.6 Å². The summed E-state index contributed by atoms with van der Waals surface area (Å²) in [7, 11) is 0. The van der Waals surface area contributed by atoms with Crippen molar-refractivity contribution in [2.24, 2.45) is 4.99 Å². The summed E-state index contributed by atoms with van der Waals surface area (Å²) in [5.41, 5.74) is 0.285. The number of aliphatic imine (C=N–C) groups is 1. The average molecular weight is 538 g/mol. The molecule has 0 saturated heterocycles. The lowest BCUT2D eigenvalue weighted by molar-refractivity contribution is -0.135. The minimum absolute atomic E-state index is 0.0911. The molecule has 2 aromatic rings. The van der Waals surface area contributed by atoms with Crippen molar-refractivity contribution in [3.8, 4) is 5.88 Å². The fourth-order valence-electron chi connectivity index (χ4n) is 3.55. The number of rotatable bonds is 7. The van der Waals surface area contributed by atoms with Gasteiger partial charge in [0.2, 0.25) is 5.88 Å². The Balaban J connectivity index is 1.35. The first-order valence-corrected chi connectivity index (χ1v) is 11.8. The number of amides is 2. The fraction of sp³-hybridized carbons (Fsp3) is 0.375. The molecule has 2 aromatic heterocycles. The highest BCUT2D eigenvalue weighted by atomic mass is 35.5. The van der Waals surface area contributed by atoms with E-state index >= 15 is 0 Å². The molecule has 2 aliphatic rings. The minimum Gasteiger partial charge on any atom is -0.460 e. The third-order valence-corrected chi connectivity index (χ3v) is 6.22.